The summed E-state index contributed by atoms with van der Waals surface area (Å²) in [5, 5.41) is 12.7. The summed E-state index contributed by atoms with van der Waals surface area (Å²) in [6.45, 7) is 4.43. The van der Waals surface area contributed by atoms with Gasteiger partial charge < -0.3 is 15.2 Å². The van der Waals surface area contributed by atoms with Gasteiger partial charge in [-0.25, -0.2) is 0 Å². The van der Waals surface area contributed by atoms with E-state index >= 15 is 0 Å². The zero-order valence-corrected chi connectivity index (χ0v) is 11.6. The fourth-order valence-corrected chi connectivity index (χ4v) is 2.36. The Labute approximate surface area is 113 Å². The van der Waals surface area contributed by atoms with E-state index in [1.54, 1.807) is 13.2 Å². The predicted molar refractivity (Wildman–Crippen MR) is 72.8 cm³/mol. The summed E-state index contributed by atoms with van der Waals surface area (Å²) in [4.78, 5) is 12.2. The van der Waals surface area contributed by atoms with Gasteiger partial charge in [-0.1, -0.05) is 26.0 Å². The Morgan fingerprint density at radius 1 is 1.53 bits per heavy atom. The molecule has 0 aliphatic heterocycles. The van der Waals surface area contributed by atoms with Gasteiger partial charge in [0, 0.05) is 24.1 Å². The third kappa shape index (κ3) is 2.80. The quantitative estimate of drug-likeness (QED) is 0.869. The number of ether oxygens (including phenoxy) is 1. The normalized spacial score (nSPS) is 24.6. The molecular weight excluding hydrogens is 242 g/mol. The fraction of sp³-hybridized carbons (Fsp3) is 0.533. The molecule has 0 saturated heterocycles. The lowest BCUT2D eigenvalue weighted by Gasteiger charge is -2.49. The molecule has 1 aliphatic rings. The Morgan fingerprint density at radius 2 is 2.26 bits per heavy atom. The maximum atomic E-state index is 12.2. The van der Waals surface area contributed by atoms with Gasteiger partial charge in [-0.3, -0.25) is 4.79 Å². The van der Waals surface area contributed by atoms with Crippen LogP contribution in [0.15, 0.2) is 24.3 Å². The Morgan fingerprint density at radius 3 is 2.84 bits per heavy atom. The van der Waals surface area contributed by atoms with Gasteiger partial charge in [-0.2, -0.15) is 0 Å². The van der Waals surface area contributed by atoms with E-state index in [2.05, 4.69) is 5.32 Å². The average Bonchev–Trinajstić information content (AvgIpc) is 2.39. The van der Waals surface area contributed by atoms with Crippen molar-refractivity contribution in [3.63, 3.8) is 0 Å². The number of rotatable bonds is 4. The minimum absolute atomic E-state index is 0.0288. The van der Waals surface area contributed by atoms with Gasteiger partial charge in [0.1, 0.15) is 0 Å². The van der Waals surface area contributed by atoms with Crippen LogP contribution in [0, 0.1) is 5.41 Å². The maximum Gasteiger partial charge on any atom is 0.251 e. The molecule has 1 amide bonds. The first-order chi connectivity index (χ1) is 8.95. The van der Waals surface area contributed by atoms with E-state index in [0.717, 1.165) is 5.56 Å². The number of benzene rings is 1. The number of aliphatic hydroxyl groups is 1. The van der Waals surface area contributed by atoms with E-state index in [-0.39, 0.29) is 23.5 Å². The number of carbonyl (C=O) groups is 1. The van der Waals surface area contributed by atoms with Gasteiger partial charge in [0.15, 0.2) is 0 Å². The minimum Gasteiger partial charge on any atom is -0.392 e. The van der Waals surface area contributed by atoms with Gasteiger partial charge >= 0.3 is 0 Å². The fourth-order valence-electron chi connectivity index (χ4n) is 2.36. The Kier molecular flexibility index (Phi) is 3.92. The molecule has 2 N–H and O–H groups in total. The number of carbonyl (C=O) groups excluding carboxylic acids is 1. The lowest BCUT2D eigenvalue weighted by atomic mass is 9.64. The molecule has 1 aromatic carbocycles. The SMILES string of the molecule is COCc1cccc(C(=O)NC2CC(O)C2(C)C)c1. The predicted octanol–water partition coefficient (Wildman–Crippen LogP) is 1.72. The minimum atomic E-state index is -0.336. The largest absolute Gasteiger partial charge is 0.392 e. The summed E-state index contributed by atoms with van der Waals surface area (Å²) in [5.74, 6) is -0.0945. The third-order valence-electron chi connectivity index (χ3n) is 4.02. The molecule has 2 unspecified atom stereocenters. The van der Waals surface area contributed by atoms with Crippen molar-refractivity contribution < 1.29 is 14.6 Å². The van der Waals surface area contributed by atoms with Crippen LogP contribution in [0.1, 0.15) is 36.2 Å². The Bertz CT molecular complexity index is 470. The van der Waals surface area contributed by atoms with Crippen molar-refractivity contribution in [2.45, 2.75) is 39.0 Å². The highest BCUT2D eigenvalue weighted by Gasteiger charge is 2.47. The first-order valence-electron chi connectivity index (χ1n) is 6.52. The number of hydrogen-bond donors (Lipinski definition) is 2. The van der Waals surface area contributed by atoms with Crippen molar-refractivity contribution in [3.8, 4) is 0 Å². The van der Waals surface area contributed by atoms with Gasteiger partial charge in [-0.05, 0) is 24.1 Å². The second-order valence-electron chi connectivity index (χ2n) is 5.73. The molecule has 104 valence electrons. The molecule has 4 heteroatoms. The molecule has 2 rings (SSSR count). The highest BCUT2D eigenvalue weighted by molar-refractivity contribution is 5.94. The van der Waals surface area contributed by atoms with Crippen LogP contribution in [0.5, 0.6) is 0 Å². The molecule has 2 atom stereocenters. The molecule has 1 fully saturated rings. The van der Waals surface area contributed by atoms with Crippen LogP contribution in [-0.4, -0.2) is 30.3 Å². The van der Waals surface area contributed by atoms with Crippen LogP contribution >= 0.6 is 0 Å². The van der Waals surface area contributed by atoms with Gasteiger partial charge in [0.2, 0.25) is 0 Å². The molecule has 1 saturated carbocycles. The van der Waals surface area contributed by atoms with E-state index in [4.69, 9.17) is 4.74 Å². The molecule has 19 heavy (non-hydrogen) atoms. The molecule has 1 aromatic rings. The zero-order valence-electron chi connectivity index (χ0n) is 11.6. The standard InChI is InChI=1S/C15H21NO3/c1-15(2)12(8-13(15)17)16-14(18)11-6-4-5-10(7-11)9-19-3/h4-7,12-13,17H,8-9H2,1-3H3,(H,16,18). The van der Waals surface area contributed by atoms with E-state index in [9.17, 15) is 9.90 Å². The van der Waals surface area contributed by atoms with Crippen molar-refractivity contribution in [2.75, 3.05) is 7.11 Å². The summed E-state index contributed by atoms with van der Waals surface area (Å²) in [7, 11) is 1.63. The lowest BCUT2D eigenvalue weighted by Crippen LogP contribution is -2.61. The molecule has 0 radical (unpaired) electrons. The highest BCUT2D eigenvalue weighted by Crippen LogP contribution is 2.40. The molecular formula is C15H21NO3. The molecule has 1 aliphatic carbocycles. The second kappa shape index (κ2) is 5.31. The van der Waals surface area contributed by atoms with Gasteiger partial charge in [-0.15, -0.1) is 0 Å². The van der Waals surface area contributed by atoms with Crippen molar-refractivity contribution in [2.24, 2.45) is 5.41 Å². The monoisotopic (exact) mass is 263 g/mol. The zero-order chi connectivity index (χ0) is 14.0. The summed E-state index contributed by atoms with van der Waals surface area (Å²) in [6, 6.07) is 7.43. The number of nitrogens with one attached hydrogen (secondary N) is 1. The van der Waals surface area contributed by atoms with Crippen LogP contribution < -0.4 is 5.32 Å². The topological polar surface area (TPSA) is 58.6 Å². The Balaban J connectivity index is 2.02. The van der Waals surface area contributed by atoms with Crippen molar-refractivity contribution in [1.82, 2.24) is 5.32 Å². The van der Waals surface area contributed by atoms with Gasteiger partial charge in [0.05, 0.1) is 12.7 Å². The van der Waals surface area contributed by atoms with Crippen LogP contribution in [0.25, 0.3) is 0 Å². The number of hydrogen-bond acceptors (Lipinski definition) is 3. The van der Waals surface area contributed by atoms with Gasteiger partial charge in [0.25, 0.3) is 5.91 Å². The molecule has 0 spiro atoms. The number of amides is 1. The van der Waals surface area contributed by atoms with Crippen LogP contribution in [0.4, 0.5) is 0 Å². The molecule has 4 nitrogen and oxygen atoms in total. The lowest BCUT2D eigenvalue weighted by molar-refractivity contribution is -0.0689. The van der Waals surface area contributed by atoms with Crippen LogP contribution in [-0.2, 0) is 11.3 Å². The number of methoxy groups -OCH3 is 1. The van der Waals surface area contributed by atoms with Crippen LogP contribution in [0.3, 0.4) is 0 Å². The summed E-state index contributed by atoms with van der Waals surface area (Å²) < 4.78 is 5.06. The first-order valence-corrected chi connectivity index (χ1v) is 6.52. The third-order valence-corrected chi connectivity index (χ3v) is 4.02. The van der Waals surface area contributed by atoms with Crippen LogP contribution in [0.2, 0.25) is 0 Å². The van der Waals surface area contributed by atoms with Crippen molar-refractivity contribution >= 4 is 5.91 Å². The Hall–Kier alpha value is -1.39. The first kappa shape index (κ1) is 14.0. The van der Waals surface area contributed by atoms with Crippen molar-refractivity contribution in [3.05, 3.63) is 35.4 Å². The van der Waals surface area contributed by atoms with E-state index in [1.807, 2.05) is 32.0 Å². The molecule has 0 heterocycles. The second-order valence-corrected chi connectivity index (χ2v) is 5.73. The summed E-state index contributed by atoms with van der Waals surface area (Å²) in [6.07, 6.45) is 0.286. The smallest absolute Gasteiger partial charge is 0.251 e. The van der Waals surface area contributed by atoms with E-state index < -0.39 is 0 Å². The number of aliphatic hydroxyl groups excluding tert-OH is 1. The molecule has 0 bridgehead atoms. The van der Waals surface area contributed by atoms with E-state index in [1.165, 1.54) is 0 Å². The highest BCUT2D eigenvalue weighted by atomic mass is 16.5. The van der Waals surface area contributed by atoms with Crippen molar-refractivity contribution in [1.29, 1.82) is 0 Å². The maximum absolute atomic E-state index is 12.2. The molecule has 0 aromatic heterocycles. The van der Waals surface area contributed by atoms with E-state index in [0.29, 0.717) is 18.6 Å². The summed E-state index contributed by atoms with van der Waals surface area (Å²) in [5.41, 5.74) is 1.36. The average molecular weight is 263 g/mol. The summed E-state index contributed by atoms with van der Waals surface area (Å²) >= 11 is 0.